The summed E-state index contributed by atoms with van der Waals surface area (Å²) in [4.78, 5) is 4.29. The average Bonchev–Trinajstić information content (AvgIpc) is 2.90. The first-order chi connectivity index (χ1) is 10.2. The molecule has 0 saturated heterocycles. The predicted octanol–water partition coefficient (Wildman–Crippen LogP) is 4.60. The van der Waals surface area contributed by atoms with E-state index in [0.29, 0.717) is 0 Å². The first-order valence-electron chi connectivity index (χ1n) is 7.02. The van der Waals surface area contributed by atoms with Gasteiger partial charge in [0.2, 0.25) is 0 Å². The van der Waals surface area contributed by atoms with Crippen molar-refractivity contribution in [3.63, 3.8) is 0 Å². The highest BCUT2D eigenvalue weighted by molar-refractivity contribution is 9.10. The molecule has 4 heteroatoms. The number of aromatic nitrogens is 1. The van der Waals surface area contributed by atoms with Crippen molar-refractivity contribution in [2.45, 2.75) is 19.9 Å². The highest BCUT2D eigenvalue weighted by atomic mass is 79.9. The number of furan rings is 1. The minimum absolute atomic E-state index is 0.0155. The number of rotatable bonds is 4. The first kappa shape index (κ1) is 14.3. The number of fused-ring (bicyclic) bond motifs is 1. The Morgan fingerprint density at radius 2 is 2.14 bits per heavy atom. The lowest BCUT2D eigenvalue weighted by Gasteiger charge is -2.15. The number of benzene rings is 1. The van der Waals surface area contributed by atoms with Crippen LogP contribution in [0.3, 0.4) is 0 Å². The Labute approximate surface area is 132 Å². The Balaban J connectivity index is 2.09. The van der Waals surface area contributed by atoms with E-state index >= 15 is 0 Å². The molecule has 0 aliphatic heterocycles. The zero-order valence-electron chi connectivity index (χ0n) is 12.1. The SMILES string of the molecule is CCNC(c1cncc(C)c1)c1cc2cccc(Br)c2o1. The Morgan fingerprint density at radius 3 is 2.86 bits per heavy atom. The molecule has 0 spiro atoms. The van der Waals surface area contributed by atoms with Crippen molar-refractivity contribution in [2.75, 3.05) is 6.54 Å². The van der Waals surface area contributed by atoms with Crippen molar-refractivity contribution >= 4 is 26.9 Å². The van der Waals surface area contributed by atoms with E-state index in [1.807, 2.05) is 24.5 Å². The van der Waals surface area contributed by atoms with Crippen molar-refractivity contribution in [3.8, 4) is 0 Å². The summed E-state index contributed by atoms with van der Waals surface area (Å²) in [5.41, 5.74) is 3.15. The molecule has 1 unspecified atom stereocenters. The molecule has 0 saturated carbocycles. The quantitative estimate of drug-likeness (QED) is 0.751. The molecule has 0 bridgehead atoms. The van der Waals surface area contributed by atoms with Gasteiger partial charge in [-0.1, -0.05) is 25.1 Å². The minimum Gasteiger partial charge on any atom is -0.458 e. The summed E-state index contributed by atoms with van der Waals surface area (Å²) in [6, 6.07) is 10.3. The lowest BCUT2D eigenvalue weighted by Crippen LogP contribution is -2.21. The fraction of sp³-hybridized carbons (Fsp3) is 0.235. The van der Waals surface area contributed by atoms with Crippen LogP contribution in [-0.4, -0.2) is 11.5 Å². The summed E-state index contributed by atoms with van der Waals surface area (Å²) < 4.78 is 7.05. The van der Waals surface area contributed by atoms with Gasteiger partial charge in [-0.25, -0.2) is 0 Å². The van der Waals surface area contributed by atoms with E-state index in [1.54, 1.807) is 0 Å². The maximum absolute atomic E-state index is 6.07. The normalized spacial score (nSPS) is 12.7. The van der Waals surface area contributed by atoms with Gasteiger partial charge in [0, 0.05) is 17.8 Å². The maximum Gasteiger partial charge on any atom is 0.148 e. The van der Waals surface area contributed by atoms with Crippen molar-refractivity contribution in [1.29, 1.82) is 0 Å². The molecule has 3 rings (SSSR count). The maximum atomic E-state index is 6.07. The standard InChI is InChI=1S/C17H17BrN2O/c1-3-20-16(13-7-11(2)9-19-10-13)15-8-12-5-4-6-14(18)17(12)21-15/h4-10,16,20H,3H2,1-2H3. The number of pyridine rings is 1. The second-order valence-corrected chi connectivity index (χ2v) is 5.95. The van der Waals surface area contributed by atoms with Gasteiger partial charge < -0.3 is 9.73 Å². The predicted molar refractivity (Wildman–Crippen MR) is 88.4 cm³/mol. The number of hydrogen-bond acceptors (Lipinski definition) is 3. The van der Waals surface area contributed by atoms with Gasteiger partial charge in [-0.3, -0.25) is 4.98 Å². The lowest BCUT2D eigenvalue weighted by molar-refractivity contribution is 0.475. The molecule has 0 aliphatic carbocycles. The van der Waals surface area contributed by atoms with E-state index in [0.717, 1.165) is 38.9 Å². The third kappa shape index (κ3) is 2.87. The number of nitrogens with zero attached hydrogens (tertiary/aromatic N) is 1. The summed E-state index contributed by atoms with van der Waals surface area (Å²) in [6.45, 7) is 5.00. The Kier molecular flexibility index (Phi) is 4.08. The van der Waals surface area contributed by atoms with Gasteiger partial charge in [0.25, 0.3) is 0 Å². The highest BCUT2D eigenvalue weighted by Gasteiger charge is 2.18. The molecule has 3 aromatic rings. The van der Waals surface area contributed by atoms with Crippen LogP contribution in [0.4, 0.5) is 0 Å². The topological polar surface area (TPSA) is 38.1 Å². The van der Waals surface area contributed by atoms with Gasteiger partial charge in [0.15, 0.2) is 0 Å². The molecule has 1 aromatic carbocycles. The van der Waals surface area contributed by atoms with E-state index in [4.69, 9.17) is 4.42 Å². The highest BCUT2D eigenvalue weighted by Crippen LogP contribution is 2.32. The summed E-state index contributed by atoms with van der Waals surface area (Å²) in [7, 11) is 0. The van der Waals surface area contributed by atoms with Gasteiger partial charge in [-0.2, -0.15) is 0 Å². The molecule has 0 radical (unpaired) electrons. The van der Waals surface area contributed by atoms with Gasteiger partial charge in [0.05, 0.1) is 10.5 Å². The fourth-order valence-corrected chi connectivity index (χ4v) is 2.98. The molecule has 0 aliphatic rings. The summed E-state index contributed by atoms with van der Waals surface area (Å²) >= 11 is 3.54. The van der Waals surface area contributed by atoms with Crippen molar-refractivity contribution in [2.24, 2.45) is 0 Å². The van der Waals surface area contributed by atoms with E-state index < -0.39 is 0 Å². The third-order valence-corrected chi connectivity index (χ3v) is 4.06. The zero-order valence-corrected chi connectivity index (χ0v) is 13.6. The van der Waals surface area contributed by atoms with Crippen LogP contribution in [0.1, 0.15) is 29.9 Å². The van der Waals surface area contributed by atoms with E-state index in [-0.39, 0.29) is 6.04 Å². The van der Waals surface area contributed by atoms with Gasteiger partial charge in [0.1, 0.15) is 11.3 Å². The smallest absolute Gasteiger partial charge is 0.148 e. The van der Waals surface area contributed by atoms with Crippen LogP contribution in [-0.2, 0) is 0 Å². The van der Waals surface area contributed by atoms with Crippen molar-refractivity contribution < 1.29 is 4.42 Å². The number of halogens is 1. The molecular formula is C17H17BrN2O. The van der Waals surface area contributed by atoms with Crippen LogP contribution >= 0.6 is 15.9 Å². The summed E-state index contributed by atoms with van der Waals surface area (Å²) in [6.07, 6.45) is 3.75. The van der Waals surface area contributed by atoms with Gasteiger partial charge in [-0.05, 0) is 52.7 Å². The third-order valence-electron chi connectivity index (χ3n) is 3.44. The molecule has 3 nitrogen and oxygen atoms in total. The van der Waals surface area contributed by atoms with Crippen molar-refractivity contribution in [1.82, 2.24) is 10.3 Å². The van der Waals surface area contributed by atoms with Gasteiger partial charge >= 0.3 is 0 Å². The number of nitrogens with one attached hydrogen (secondary N) is 1. The van der Waals surface area contributed by atoms with E-state index in [9.17, 15) is 0 Å². The molecule has 108 valence electrons. The van der Waals surface area contributed by atoms with Crippen LogP contribution in [0.5, 0.6) is 0 Å². The minimum atomic E-state index is 0.0155. The molecule has 1 N–H and O–H groups in total. The van der Waals surface area contributed by atoms with Crippen LogP contribution in [0.2, 0.25) is 0 Å². The molecule has 2 heterocycles. The Hall–Kier alpha value is -1.65. The number of para-hydroxylation sites is 1. The summed E-state index contributed by atoms with van der Waals surface area (Å²) in [5.74, 6) is 0.908. The van der Waals surface area contributed by atoms with Crippen LogP contribution in [0.25, 0.3) is 11.0 Å². The molecule has 0 fully saturated rings. The average molecular weight is 345 g/mol. The van der Waals surface area contributed by atoms with Crippen molar-refractivity contribution in [3.05, 3.63) is 64.1 Å². The first-order valence-corrected chi connectivity index (χ1v) is 7.81. The fourth-order valence-electron chi connectivity index (χ4n) is 2.51. The van der Waals surface area contributed by atoms with Crippen LogP contribution in [0.15, 0.2) is 51.6 Å². The van der Waals surface area contributed by atoms with E-state index in [2.05, 4.69) is 58.3 Å². The van der Waals surface area contributed by atoms with Gasteiger partial charge in [-0.15, -0.1) is 0 Å². The molecule has 0 amide bonds. The molecule has 21 heavy (non-hydrogen) atoms. The second kappa shape index (κ2) is 6.00. The molecule has 2 aromatic heterocycles. The monoisotopic (exact) mass is 344 g/mol. The largest absolute Gasteiger partial charge is 0.458 e. The molecule has 1 atom stereocenters. The van der Waals surface area contributed by atoms with Crippen LogP contribution in [0, 0.1) is 6.92 Å². The Bertz CT molecular complexity index is 766. The summed E-state index contributed by atoms with van der Waals surface area (Å²) in [5, 5.41) is 4.57. The molecular weight excluding hydrogens is 328 g/mol. The zero-order chi connectivity index (χ0) is 14.8. The van der Waals surface area contributed by atoms with E-state index in [1.165, 1.54) is 0 Å². The Morgan fingerprint density at radius 1 is 1.29 bits per heavy atom. The number of hydrogen-bond donors (Lipinski definition) is 1. The van der Waals surface area contributed by atoms with Crippen LogP contribution < -0.4 is 5.32 Å². The number of aryl methyl sites for hydroxylation is 1. The second-order valence-electron chi connectivity index (χ2n) is 5.09. The lowest BCUT2D eigenvalue weighted by atomic mass is 10.0.